The van der Waals surface area contributed by atoms with Crippen LogP contribution in [0.5, 0.6) is 5.75 Å². The van der Waals surface area contributed by atoms with Crippen LogP contribution in [-0.4, -0.2) is 23.7 Å². The number of benzene rings is 1. The minimum Gasteiger partial charge on any atom is -0.486 e. The van der Waals surface area contributed by atoms with E-state index in [9.17, 15) is 0 Å². The topological polar surface area (TPSA) is 34.1 Å². The third-order valence-corrected chi connectivity index (χ3v) is 3.70. The first-order chi connectivity index (χ1) is 9.88. The zero-order valence-corrected chi connectivity index (χ0v) is 14.2. The lowest BCUT2D eigenvalue weighted by molar-refractivity contribution is 0.216. The number of hydrogen-bond acceptors (Lipinski definition) is 3. The molecule has 2 aromatic rings. The summed E-state index contributed by atoms with van der Waals surface area (Å²) in [7, 11) is 0. The Morgan fingerprint density at radius 3 is 2.57 bits per heavy atom. The van der Waals surface area contributed by atoms with Gasteiger partial charge in [-0.05, 0) is 32.0 Å². The lowest BCUT2D eigenvalue weighted by atomic mass is 10.2. The maximum Gasteiger partial charge on any atom is 0.164 e. The van der Waals surface area contributed by atoms with Crippen molar-refractivity contribution in [3.8, 4) is 5.75 Å². The van der Waals surface area contributed by atoms with E-state index in [2.05, 4.69) is 24.1 Å². The average Bonchev–Trinajstić information content (AvgIpc) is 2.40. The predicted molar refractivity (Wildman–Crippen MR) is 89.7 cm³/mol. The van der Waals surface area contributed by atoms with Gasteiger partial charge in [0.25, 0.3) is 0 Å². The normalized spacial score (nSPS) is 12.9. The summed E-state index contributed by atoms with van der Waals surface area (Å²) in [5.74, 6) is 0.595. The lowest BCUT2D eigenvalue weighted by Crippen LogP contribution is -2.33. The molecule has 2 rings (SSSR count). The number of fused-ring (bicyclic) bond motifs is 1. The minimum absolute atomic E-state index is 0.0170. The molecule has 0 fully saturated rings. The zero-order chi connectivity index (χ0) is 15.6. The minimum atomic E-state index is -0.0170. The first-order valence-electron chi connectivity index (χ1n) is 7.04. The van der Waals surface area contributed by atoms with Crippen LogP contribution in [0.3, 0.4) is 0 Å². The number of halogens is 2. The van der Waals surface area contributed by atoms with Crippen LogP contribution in [0.1, 0.15) is 26.5 Å². The predicted octanol–water partition coefficient (Wildman–Crippen LogP) is 4.62. The summed E-state index contributed by atoms with van der Waals surface area (Å²) < 4.78 is 6.00. The fraction of sp³-hybridized carbons (Fsp3) is 0.438. The van der Waals surface area contributed by atoms with Crippen LogP contribution in [0.4, 0.5) is 0 Å². The number of ether oxygens (including phenoxy) is 1. The van der Waals surface area contributed by atoms with Crippen molar-refractivity contribution in [1.82, 2.24) is 10.3 Å². The van der Waals surface area contributed by atoms with Crippen LogP contribution in [-0.2, 0) is 0 Å². The van der Waals surface area contributed by atoms with E-state index < -0.39 is 0 Å². The average molecular weight is 327 g/mol. The van der Waals surface area contributed by atoms with Crippen molar-refractivity contribution in [1.29, 1.82) is 0 Å². The van der Waals surface area contributed by atoms with Crippen molar-refractivity contribution in [3.05, 3.63) is 33.9 Å². The smallest absolute Gasteiger partial charge is 0.164 e. The molecule has 0 radical (unpaired) electrons. The summed E-state index contributed by atoms with van der Waals surface area (Å²) in [6, 6.07) is 5.99. The molecule has 0 aliphatic heterocycles. The van der Waals surface area contributed by atoms with Gasteiger partial charge in [-0.15, -0.1) is 0 Å². The Balaban J connectivity index is 2.36. The molecule has 1 N–H and O–H groups in total. The molecular formula is C16H20Cl2N2O. The highest BCUT2D eigenvalue weighted by atomic mass is 35.5. The molecule has 1 aromatic heterocycles. The molecule has 0 saturated carbocycles. The van der Waals surface area contributed by atoms with E-state index in [0.29, 0.717) is 27.4 Å². The fourth-order valence-electron chi connectivity index (χ4n) is 2.05. The summed E-state index contributed by atoms with van der Waals surface area (Å²) in [4.78, 5) is 4.53. The van der Waals surface area contributed by atoms with Crippen molar-refractivity contribution < 1.29 is 4.74 Å². The molecule has 114 valence electrons. The van der Waals surface area contributed by atoms with Crippen LogP contribution in [0, 0.1) is 6.92 Å². The van der Waals surface area contributed by atoms with E-state index in [0.717, 1.165) is 17.6 Å². The van der Waals surface area contributed by atoms with Crippen LogP contribution in [0.2, 0.25) is 10.0 Å². The van der Waals surface area contributed by atoms with Crippen molar-refractivity contribution in [2.24, 2.45) is 0 Å². The summed E-state index contributed by atoms with van der Waals surface area (Å²) in [6.07, 6.45) is -0.0170. The van der Waals surface area contributed by atoms with E-state index in [4.69, 9.17) is 27.9 Å². The Kier molecular flexibility index (Phi) is 5.31. The van der Waals surface area contributed by atoms with Gasteiger partial charge in [0.05, 0.1) is 10.0 Å². The molecule has 0 spiro atoms. The molecular weight excluding hydrogens is 307 g/mol. The Morgan fingerprint density at radius 1 is 1.19 bits per heavy atom. The van der Waals surface area contributed by atoms with Crippen molar-refractivity contribution in [2.45, 2.75) is 39.8 Å². The van der Waals surface area contributed by atoms with Gasteiger partial charge in [-0.1, -0.05) is 37.0 Å². The van der Waals surface area contributed by atoms with Crippen LogP contribution < -0.4 is 10.1 Å². The molecule has 0 saturated heterocycles. The largest absolute Gasteiger partial charge is 0.486 e. The molecule has 1 aromatic carbocycles. The van der Waals surface area contributed by atoms with Crippen LogP contribution in [0.25, 0.3) is 10.9 Å². The molecule has 1 unspecified atom stereocenters. The first-order valence-corrected chi connectivity index (χ1v) is 7.79. The van der Waals surface area contributed by atoms with Crippen molar-refractivity contribution >= 4 is 34.1 Å². The number of aryl methyl sites for hydroxylation is 1. The maximum absolute atomic E-state index is 6.30. The molecule has 0 aliphatic carbocycles. The fourth-order valence-corrected chi connectivity index (χ4v) is 2.61. The van der Waals surface area contributed by atoms with Gasteiger partial charge >= 0.3 is 0 Å². The SMILES string of the molecule is Cc1ccc2c(Cl)cc(Cl)c(OC(C)CNC(C)C)c2n1. The monoisotopic (exact) mass is 326 g/mol. The molecule has 5 heteroatoms. The van der Waals surface area contributed by atoms with Gasteiger partial charge in [0.15, 0.2) is 5.75 Å². The molecule has 0 amide bonds. The highest BCUT2D eigenvalue weighted by molar-refractivity contribution is 6.39. The first kappa shape index (κ1) is 16.3. The zero-order valence-electron chi connectivity index (χ0n) is 12.7. The molecule has 0 aliphatic rings. The number of nitrogens with zero attached hydrogens (tertiary/aromatic N) is 1. The number of aromatic nitrogens is 1. The summed E-state index contributed by atoms with van der Waals surface area (Å²) in [6.45, 7) is 8.87. The van der Waals surface area contributed by atoms with E-state index in [1.807, 2.05) is 26.0 Å². The number of hydrogen-bond donors (Lipinski definition) is 1. The third-order valence-electron chi connectivity index (χ3n) is 3.11. The van der Waals surface area contributed by atoms with Crippen LogP contribution >= 0.6 is 23.2 Å². The third kappa shape index (κ3) is 4.00. The Bertz CT molecular complexity index is 644. The van der Waals surface area contributed by atoms with Gasteiger partial charge in [-0.2, -0.15) is 0 Å². The van der Waals surface area contributed by atoms with E-state index >= 15 is 0 Å². The highest BCUT2D eigenvalue weighted by Gasteiger charge is 2.15. The van der Waals surface area contributed by atoms with Crippen molar-refractivity contribution in [3.63, 3.8) is 0 Å². The van der Waals surface area contributed by atoms with E-state index in [-0.39, 0.29) is 6.10 Å². The summed E-state index contributed by atoms with van der Waals surface area (Å²) in [5, 5.41) is 5.27. The van der Waals surface area contributed by atoms with Gasteiger partial charge in [0.1, 0.15) is 11.6 Å². The van der Waals surface area contributed by atoms with Gasteiger partial charge in [0, 0.05) is 23.7 Å². The number of pyridine rings is 1. The number of rotatable bonds is 5. The second kappa shape index (κ2) is 6.82. The van der Waals surface area contributed by atoms with Gasteiger partial charge in [-0.25, -0.2) is 4.98 Å². The quantitative estimate of drug-likeness (QED) is 0.870. The lowest BCUT2D eigenvalue weighted by Gasteiger charge is -2.19. The van der Waals surface area contributed by atoms with Gasteiger partial charge in [0.2, 0.25) is 0 Å². The summed E-state index contributed by atoms with van der Waals surface area (Å²) in [5.41, 5.74) is 1.61. The van der Waals surface area contributed by atoms with Gasteiger partial charge < -0.3 is 10.1 Å². The highest BCUT2D eigenvalue weighted by Crippen LogP contribution is 2.37. The molecule has 21 heavy (non-hydrogen) atoms. The molecule has 3 nitrogen and oxygen atoms in total. The molecule has 1 atom stereocenters. The Hall–Kier alpha value is -1.03. The van der Waals surface area contributed by atoms with E-state index in [1.165, 1.54) is 0 Å². The van der Waals surface area contributed by atoms with Crippen LogP contribution in [0.15, 0.2) is 18.2 Å². The van der Waals surface area contributed by atoms with Gasteiger partial charge in [-0.3, -0.25) is 0 Å². The number of nitrogens with one attached hydrogen (secondary N) is 1. The molecule has 0 bridgehead atoms. The summed E-state index contributed by atoms with van der Waals surface area (Å²) >= 11 is 12.5. The Labute approximate surface area is 135 Å². The molecule has 1 heterocycles. The second-order valence-electron chi connectivity index (χ2n) is 5.51. The van der Waals surface area contributed by atoms with E-state index in [1.54, 1.807) is 6.07 Å². The standard InChI is InChI=1S/C16H20Cl2N2O/c1-9(2)19-8-11(4)21-16-14(18)7-13(17)12-6-5-10(3)20-15(12)16/h5-7,9,11,19H,8H2,1-4H3. The Morgan fingerprint density at radius 2 is 1.90 bits per heavy atom. The van der Waals surface area contributed by atoms with Crippen molar-refractivity contribution in [2.75, 3.05) is 6.54 Å². The second-order valence-corrected chi connectivity index (χ2v) is 6.32. The maximum atomic E-state index is 6.30.